The molecule has 0 aliphatic carbocycles. The molecule has 0 amide bonds. The SMILES string of the molecule is CCCCCSc1c(F)cccc1[C@@H](C)O. The second kappa shape index (κ2) is 6.92. The van der Waals surface area contributed by atoms with E-state index in [1.54, 1.807) is 19.1 Å². The first-order valence-electron chi connectivity index (χ1n) is 5.76. The van der Waals surface area contributed by atoms with E-state index in [2.05, 4.69) is 6.92 Å². The van der Waals surface area contributed by atoms with Crippen LogP contribution in [0.4, 0.5) is 4.39 Å². The molecule has 0 heterocycles. The number of hydrogen-bond acceptors (Lipinski definition) is 2. The molecule has 16 heavy (non-hydrogen) atoms. The molecule has 1 aromatic rings. The lowest BCUT2D eigenvalue weighted by atomic mass is 10.1. The van der Waals surface area contributed by atoms with E-state index in [0.29, 0.717) is 10.5 Å². The molecule has 0 saturated carbocycles. The fourth-order valence-electron chi connectivity index (χ4n) is 1.53. The van der Waals surface area contributed by atoms with Crippen LogP contribution in [0.25, 0.3) is 0 Å². The molecule has 1 rings (SSSR count). The number of unbranched alkanes of at least 4 members (excludes halogenated alkanes) is 2. The van der Waals surface area contributed by atoms with Crippen molar-refractivity contribution in [3.8, 4) is 0 Å². The van der Waals surface area contributed by atoms with Crippen LogP contribution in [0, 0.1) is 5.82 Å². The molecule has 1 aromatic carbocycles. The van der Waals surface area contributed by atoms with Gasteiger partial charge in [-0.15, -0.1) is 11.8 Å². The zero-order valence-corrected chi connectivity index (χ0v) is 10.7. The van der Waals surface area contributed by atoms with Gasteiger partial charge in [0.15, 0.2) is 0 Å². The van der Waals surface area contributed by atoms with Crippen LogP contribution < -0.4 is 0 Å². The monoisotopic (exact) mass is 242 g/mol. The van der Waals surface area contributed by atoms with Crippen LogP contribution in [0.15, 0.2) is 23.1 Å². The Morgan fingerprint density at radius 2 is 2.12 bits per heavy atom. The Balaban J connectivity index is 2.69. The summed E-state index contributed by atoms with van der Waals surface area (Å²) in [6, 6.07) is 4.89. The van der Waals surface area contributed by atoms with E-state index in [1.165, 1.54) is 30.7 Å². The molecular formula is C13H19FOS. The Kier molecular flexibility index (Phi) is 5.85. The average Bonchev–Trinajstić information content (AvgIpc) is 2.25. The highest BCUT2D eigenvalue weighted by atomic mass is 32.2. The Morgan fingerprint density at radius 3 is 2.75 bits per heavy atom. The maximum atomic E-state index is 13.6. The zero-order chi connectivity index (χ0) is 12.0. The van der Waals surface area contributed by atoms with E-state index < -0.39 is 6.10 Å². The Bertz CT molecular complexity index is 326. The van der Waals surface area contributed by atoms with Crippen LogP contribution in [0.2, 0.25) is 0 Å². The van der Waals surface area contributed by atoms with E-state index >= 15 is 0 Å². The summed E-state index contributed by atoms with van der Waals surface area (Å²) in [6.07, 6.45) is 2.82. The lowest BCUT2D eigenvalue weighted by molar-refractivity contribution is 0.195. The van der Waals surface area contributed by atoms with Gasteiger partial charge in [-0.1, -0.05) is 31.9 Å². The second-order valence-corrected chi connectivity index (χ2v) is 4.99. The topological polar surface area (TPSA) is 20.2 Å². The summed E-state index contributed by atoms with van der Waals surface area (Å²) in [6.45, 7) is 3.82. The van der Waals surface area contributed by atoms with Crippen LogP contribution in [0.3, 0.4) is 0 Å². The molecule has 0 bridgehead atoms. The minimum atomic E-state index is -0.607. The molecule has 0 saturated heterocycles. The highest BCUT2D eigenvalue weighted by Gasteiger charge is 2.12. The summed E-state index contributed by atoms with van der Waals surface area (Å²) in [5, 5.41) is 9.55. The first-order chi connectivity index (χ1) is 7.66. The molecule has 3 heteroatoms. The van der Waals surface area contributed by atoms with Crippen LogP contribution >= 0.6 is 11.8 Å². The fraction of sp³-hybridized carbons (Fsp3) is 0.538. The van der Waals surface area contributed by atoms with Crippen LogP contribution in [-0.4, -0.2) is 10.9 Å². The van der Waals surface area contributed by atoms with Gasteiger partial charge in [0.1, 0.15) is 5.82 Å². The van der Waals surface area contributed by atoms with Gasteiger partial charge in [-0.05, 0) is 30.7 Å². The molecule has 0 aliphatic rings. The Labute approximate surface area is 101 Å². The van der Waals surface area contributed by atoms with Gasteiger partial charge in [-0.3, -0.25) is 0 Å². The third-order valence-electron chi connectivity index (χ3n) is 2.44. The van der Waals surface area contributed by atoms with Gasteiger partial charge in [0.25, 0.3) is 0 Å². The van der Waals surface area contributed by atoms with Gasteiger partial charge in [0, 0.05) is 4.90 Å². The third kappa shape index (κ3) is 3.80. The number of halogens is 1. The molecule has 0 aromatic heterocycles. The van der Waals surface area contributed by atoms with Crippen molar-refractivity contribution in [2.45, 2.75) is 44.1 Å². The Hall–Kier alpha value is -0.540. The molecule has 1 N–H and O–H groups in total. The average molecular weight is 242 g/mol. The van der Waals surface area contributed by atoms with E-state index in [4.69, 9.17) is 0 Å². The van der Waals surface area contributed by atoms with Crippen LogP contribution in [0.1, 0.15) is 44.8 Å². The number of aliphatic hydroxyl groups excluding tert-OH is 1. The molecular weight excluding hydrogens is 223 g/mol. The number of thioether (sulfide) groups is 1. The third-order valence-corrected chi connectivity index (χ3v) is 3.65. The maximum Gasteiger partial charge on any atom is 0.137 e. The zero-order valence-electron chi connectivity index (χ0n) is 9.87. The van der Waals surface area contributed by atoms with Gasteiger partial charge in [0.05, 0.1) is 6.10 Å². The van der Waals surface area contributed by atoms with Gasteiger partial charge >= 0.3 is 0 Å². The van der Waals surface area contributed by atoms with E-state index in [0.717, 1.165) is 12.2 Å². The van der Waals surface area contributed by atoms with Gasteiger partial charge in [-0.25, -0.2) is 4.39 Å². The minimum Gasteiger partial charge on any atom is -0.389 e. The van der Waals surface area contributed by atoms with Crippen LogP contribution in [-0.2, 0) is 0 Å². The lowest BCUT2D eigenvalue weighted by Gasteiger charge is -2.12. The number of aliphatic hydroxyl groups is 1. The molecule has 0 aliphatic heterocycles. The number of hydrogen-bond donors (Lipinski definition) is 1. The van der Waals surface area contributed by atoms with Gasteiger partial charge in [0.2, 0.25) is 0 Å². The van der Waals surface area contributed by atoms with E-state index in [1.807, 2.05) is 0 Å². The number of rotatable bonds is 6. The minimum absolute atomic E-state index is 0.222. The van der Waals surface area contributed by atoms with E-state index in [-0.39, 0.29) is 5.82 Å². The molecule has 0 fully saturated rings. The summed E-state index contributed by atoms with van der Waals surface area (Å²) in [7, 11) is 0. The van der Waals surface area contributed by atoms with Crippen LogP contribution in [0.5, 0.6) is 0 Å². The molecule has 1 atom stereocenters. The van der Waals surface area contributed by atoms with Crippen molar-refractivity contribution in [3.63, 3.8) is 0 Å². The summed E-state index contributed by atoms with van der Waals surface area (Å²) in [4.78, 5) is 0.605. The van der Waals surface area contributed by atoms with Crippen molar-refractivity contribution in [1.29, 1.82) is 0 Å². The molecule has 0 radical (unpaired) electrons. The van der Waals surface area contributed by atoms with Crippen molar-refractivity contribution in [2.24, 2.45) is 0 Å². The standard InChI is InChI=1S/C13H19FOS/c1-3-4-5-9-16-13-11(10(2)15)7-6-8-12(13)14/h6-8,10,15H,3-5,9H2,1-2H3/t10-/m1/s1. The smallest absolute Gasteiger partial charge is 0.137 e. The molecule has 0 unspecified atom stereocenters. The normalized spacial score (nSPS) is 12.8. The van der Waals surface area contributed by atoms with Gasteiger partial charge < -0.3 is 5.11 Å². The lowest BCUT2D eigenvalue weighted by Crippen LogP contribution is -1.97. The number of benzene rings is 1. The predicted octanol–water partition coefficient (Wildman–Crippen LogP) is 4.16. The largest absolute Gasteiger partial charge is 0.389 e. The highest BCUT2D eigenvalue weighted by Crippen LogP contribution is 2.30. The second-order valence-electron chi connectivity index (χ2n) is 3.89. The summed E-state index contributed by atoms with van der Waals surface area (Å²) >= 11 is 1.51. The van der Waals surface area contributed by atoms with Gasteiger partial charge in [-0.2, -0.15) is 0 Å². The highest BCUT2D eigenvalue weighted by molar-refractivity contribution is 7.99. The van der Waals surface area contributed by atoms with Crippen molar-refractivity contribution in [2.75, 3.05) is 5.75 Å². The molecule has 0 spiro atoms. The summed E-state index contributed by atoms with van der Waals surface area (Å²) in [5.74, 6) is 0.689. The molecule has 90 valence electrons. The predicted molar refractivity (Wildman–Crippen MR) is 67.3 cm³/mol. The van der Waals surface area contributed by atoms with Crippen molar-refractivity contribution in [1.82, 2.24) is 0 Å². The van der Waals surface area contributed by atoms with E-state index in [9.17, 15) is 9.50 Å². The van der Waals surface area contributed by atoms with Crippen molar-refractivity contribution in [3.05, 3.63) is 29.6 Å². The first kappa shape index (κ1) is 13.5. The molecule has 1 nitrogen and oxygen atoms in total. The van der Waals surface area contributed by atoms with Crippen molar-refractivity contribution >= 4 is 11.8 Å². The van der Waals surface area contributed by atoms with Crippen molar-refractivity contribution < 1.29 is 9.50 Å². The summed E-state index contributed by atoms with van der Waals surface area (Å²) < 4.78 is 13.6. The Morgan fingerprint density at radius 1 is 1.38 bits per heavy atom. The maximum absolute atomic E-state index is 13.6. The first-order valence-corrected chi connectivity index (χ1v) is 6.74. The quantitative estimate of drug-likeness (QED) is 0.597. The summed E-state index contributed by atoms with van der Waals surface area (Å²) in [5.41, 5.74) is 0.696. The fourth-order valence-corrected chi connectivity index (χ4v) is 2.70.